The summed E-state index contributed by atoms with van der Waals surface area (Å²) in [6.07, 6.45) is 25.9. The van der Waals surface area contributed by atoms with Crippen LogP contribution in [0.2, 0.25) is 0 Å². The van der Waals surface area contributed by atoms with Crippen LogP contribution in [0, 0.1) is 0 Å². The maximum Gasteiger partial charge on any atom is 0.217 e. The average molecular weight is 494 g/mol. The van der Waals surface area contributed by atoms with E-state index in [2.05, 4.69) is 32.0 Å². The second-order valence-corrected chi connectivity index (χ2v) is 11.0. The molecule has 202 valence electrons. The number of hydrogen-bond acceptors (Lipinski definition) is 4. The van der Waals surface area contributed by atoms with Crippen molar-refractivity contribution in [3.05, 3.63) is 0 Å². The van der Waals surface area contributed by atoms with Crippen molar-refractivity contribution in [1.29, 1.82) is 0 Å². The fourth-order valence-electron chi connectivity index (χ4n) is 4.30. The number of rotatable bonds is 23. The zero-order valence-electron chi connectivity index (χ0n) is 23.0. The van der Waals surface area contributed by atoms with Gasteiger partial charge in [-0.1, -0.05) is 97.8 Å². The minimum absolute atomic E-state index is 0.0914. The molecular weight excluding hydrogens is 434 g/mol. The first kappa shape index (κ1) is 35.0. The molecule has 0 N–H and O–H groups in total. The van der Waals surface area contributed by atoms with Crippen molar-refractivity contribution in [2.24, 2.45) is 0 Å². The maximum atomic E-state index is 9.45. The Morgan fingerprint density at radius 2 is 0.818 bits per heavy atom. The minimum Gasteiger partial charge on any atom is -0.726 e. The summed E-state index contributed by atoms with van der Waals surface area (Å²) in [5.74, 6) is 0. The first-order valence-corrected chi connectivity index (χ1v) is 15.5. The fraction of sp³-hybridized carbons (Fsp3) is 1.00. The molecule has 0 aliphatic carbocycles. The van der Waals surface area contributed by atoms with Gasteiger partial charge in [-0.25, -0.2) is 8.42 Å². The van der Waals surface area contributed by atoms with Crippen molar-refractivity contribution in [1.82, 2.24) is 0 Å². The predicted molar refractivity (Wildman–Crippen MR) is 142 cm³/mol. The summed E-state index contributed by atoms with van der Waals surface area (Å²) in [4.78, 5) is 0. The Hall–Kier alpha value is -0.170. The normalized spacial score (nSPS) is 11.9. The molecule has 0 saturated heterocycles. The highest BCUT2D eigenvalue weighted by atomic mass is 32.3. The van der Waals surface area contributed by atoms with E-state index in [9.17, 15) is 13.0 Å². The molecule has 0 amide bonds. The third-order valence-electron chi connectivity index (χ3n) is 6.42. The Bertz CT molecular complexity index is 442. The van der Waals surface area contributed by atoms with Crippen molar-refractivity contribution in [3.8, 4) is 0 Å². The molecule has 0 heterocycles. The lowest BCUT2D eigenvalue weighted by Crippen LogP contribution is -2.46. The highest BCUT2D eigenvalue weighted by Crippen LogP contribution is 2.16. The van der Waals surface area contributed by atoms with E-state index in [1.165, 1.54) is 147 Å². The molecule has 0 rings (SSSR count). The van der Waals surface area contributed by atoms with Crippen LogP contribution in [0.15, 0.2) is 0 Å². The highest BCUT2D eigenvalue weighted by molar-refractivity contribution is 7.80. The number of quaternary nitrogens is 1. The Kier molecular flexibility index (Phi) is 26.4. The van der Waals surface area contributed by atoms with E-state index < -0.39 is 10.4 Å². The average Bonchev–Trinajstić information content (AvgIpc) is 2.75. The van der Waals surface area contributed by atoms with Crippen LogP contribution < -0.4 is 0 Å². The Labute approximate surface area is 208 Å². The summed E-state index contributed by atoms with van der Waals surface area (Å²) < 4.78 is 33.4. The topological polar surface area (TPSA) is 66.4 Å². The number of unbranched alkanes of at least 4 members (excludes halogenated alkanes) is 15. The number of nitrogens with zero attached hydrogens (tertiary/aromatic N) is 1. The molecule has 0 aliphatic rings. The second kappa shape index (κ2) is 24.9. The zero-order chi connectivity index (χ0) is 25.3. The van der Waals surface area contributed by atoms with Gasteiger partial charge >= 0.3 is 0 Å². The predicted octanol–water partition coefficient (Wildman–Crippen LogP) is 8.00. The first-order chi connectivity index (χ1) is 15.7. The fourth-order valence-corrected chi connectivity index (χ4v) is 4.59. The second-order valence-electron chi connectivity index (χ2n) is 9.91. The molecule has 0 aliphatic heterocycles. The van der Waals surface area contributed by atoms with Gasteiger partial charge in [-0.3, -0.25) is 4.18 Å². The monoisotopic (exact) mass is 493 g/mol. The van der Waals surface area contributed by atoms with Gasteiger partial charge in [0.1, 0.15) is 0 Å². The van der Waals surface area contributed by atoms with Gasteiger partial charge in [-0.2, -0.15) is 0 Å². The van der Waals surface area contributed by atoms with Crippen LogP contribution in [-0.2, 0) is 14.6 Å². The van der Waals surface area contributed by atoms with Crippen LogP contribution in [0.4, 0.5) is 0 Å². The summed E-state index contributed by atoms with van der Waals surface area (Å²) in [7, 11) is -1.86. The third kappa shape index (κ3) is 29.8. The van der Waals surface area contributed by atoms with Crippen molar-refractivity contribution < 1.29 is 21.6 Å². The van der Waals surface area contributed by atoms with Crippen LogP contribution in [-0.4, -0.2) is 50.7 Å². The number of hydrogen-bond donors (Lipinski definition) is 0. The third-order valence-corrected chi connectivity index (χ3v) is 6.94. The van der Waals surface area contributed by atoms with E-state index >= 15 is 0 Å². The summed E-state index contributed by atoms with van der Waals surface area (Å²) in [6.45, 7) is 12.6. The lowest BCUT2D eigenvalue weighted by Gasteiger charge is -2.35. The molecule has 0 aromatic rings. The first-order valence-electron chi connectivity index (χ1n) is 14.2. The maximum absolute atomic E-state index is 9.45. The van der Waals surface area contributed by atoms with E-state index in [1.807, 2.05) is 0 Å². The van der Waals surface area contributed by atoms with E-state index in [4.69, 9.17) is 0 Å². The Morgan fingerprint density at radius 1 is 0.545 bits per heavy atom. The van der Waals surface area contributed by atoms with Crippen LogP contribution in [0.25, 0.3) is 0 Å². The van der Waals surface area contributed by atoms with Crippen molar-refractivity contribution in [2.75, 3.05) is 33.3 Å². The summed E-state index contributed by atoms with van der Waals surface area (Å²) in [6, 6.07) is 0. The molecule has 0 fully saturated rings. The van der Waals surface area contributed by atoms with Gasteiger partial charge in [0.25, 0.3) is 0 Å². The molecule has 6 heteroatoms. The van der Waals surface area contributed by atoms with E-state index in [-0.39, 0.29) is 6.61 Å². The van der Waals surface area contributed by atoms with Crippen molar-refractivity contribution >= 4 is 10.4 Å². The Balaban J connectivity index is 0. The molecule has 0 aromatic carbocycles. The van der Waals surface area contributed by atoms with Gasteiger partial charge in [-0.15, -0.1) is 0 Å². The van der Waals surface area contributed by atoms with Gasteiger partial charge in [0.2, 0.25) is 10.4 Å². The lowest BCUT2D eigenvalue weighted by molar-refractivity contribution is -0.910. The quantitative estimate of drug-likeness (QED) is 0.0626. The summed E-state index contributed by atoms with van der Waals surface area (Å²) >= 11 is 0. The van der Waals surface area contributed by atoms with Crippen LogP contribution in [0.3, 0.4) is 0 Å². The van der Waals surface area contributed by atoms with Gasteiger partial charge in [-0.05, 0) is 45.4 Å². The molecule has 33 heavy (non-hydrogen) atoms. The van der Waals surface area contributed by atoms with Crippen LogP contribution >= 0.6 is 0 Å². The largest absolute Gasteiger partial charge is 0.726 e. The zero-order valence-corrected chi connectivity index (χ0v) is 23.9. The molecule has 5 nitrogen and oxygen atoms in total. The van der Waals surface area contributed by atoms with E-state index in [0.29, 0.717) is 0 Å². The Morgan fingerprint density at radius 3 is 1.03 bits per heavy atom. The van der Waals surface area contributed by atoms with Crippen molar-refractivity contribution in [2.45, 2.75) is 143 Å². The smallest absolute Gasteiger partial charge is 0.217 e. The molecule has 0 aromatic heterocycles. The SMILES string of the molecule is CCCCCCCC[N+](C)(CCCCCCCC)CCCCCCCC.CCOS(=O)(=O)[O-]. The molecule has 0 unspecified atom stereocenters. The molecule has 0 saturated carbocycles. The van der Waals surface area contributed by atoms with Gasteiger partial charge in [0, 0.05) is 0 Å². The van der Waals surface area contributed by atoms with Gasteiger partial charge in [0.05, 0.1) is 33.3 Å². The van der Waals surface area contributed by atoms with Crippen LogP contribution in [0.5, 0.6) is 0 Å². The molecule has 0 atom stereocenters. The standard InChI is InChI=1S/C25H54N.C2H6O4S/c1-5-8-11-14-17-20-23-26(4,24-21-18-15-12-9-6-2)25-22-19-16-13-10-7-3;1-2-6-7(3,4)5/h5-25H2,1-4H3;2H2,1H3,(H,3,4,5)/q+1;/p-1. The van der Waals surface area contributed by atoms with E-state index in [0.717, 1.165) is 0 Å². The highest BCUT2D eigenvalue weighted by Gasteiger charge is 2.20. The molecule has 0 spiro atoms. The lowest BCUT2D eigenvalue weighted by atomic mass is 10.1. The van der Waals surface area contributed by atoms with E-state index in [1.54, 1.807) is 0 Å². The van der Waals surface area contributed by atoms with Crippen molar-refractivity contribution in [3.63, 3.8) is 0 Å². The molecule has 0 radical (unpaired) electrons. The van der Waals surface area contributed by atoms with Crippen LogP contribution in [0.1, 0.15) is 143 Å². The van der Waals surface area contributed by atoms with Gasteiger partial charge in [0.15, 0.2) is 0 Å². The minimum atomic E-state index is -4.42. The summed E-state index contributed by atoms with van der Waals surface area (Å²) in [5, 5.41) is 0. The molecule has 0 bridgehead atoms. The van der Waals surface area contributed by atoms with Gasteiger partial charge < -0.3 is 9.04 Å². The molecular formula is C27H59NO4S. The summed E-state index contributed by atoms with van der Waals surface area (Å²) in [5.41, 5.74) is 0.